The summed E-state index contributed by atoms with van der Waals surface area (Å²) < 4.78 is 0. The Bertz CT molecular complexity index is 404. The Labute approximate surface area is 120 Å². The zero-order valence-corrected chi connectivity index (χ0v) is 12.4. The highest BCUT2D eigenvalue weighted by Crippen LogP contribution is 2.21. The van der Waals surface area contributed by atoms with Crippen LogP contribution in [0, 0.1) is 5.92 Å². The number of rotatable bonds is 6. The van der Waals surface area contributed by atoms with Gasteiger partial charge in [0.05, 0.1) is 5.60 Å². The molecule has 1 aromatic rings. The van der Waals surface area contributed by atoms with Crippen LogP contribution in [0.4, 0.5) is 0 Å². The van der Waals surface area contributed by atoms with E-state index in [1.165, 1.54) is 0 Å². The van der Waals surface area contributed by atoms with Crippen LogP contribution >= 0.6 is 11.6 Å². The highest BCUT2D eigenvalue weighted by atomic mass is 35.5. The molecule has 0 aliphatic heterocycles. The zero-order chi connectivity index (χ0) is 14.5. The number of halogens is 1. The lowest BCUT2D eigenvalue weighted by Gasteiger charge is -2.26. The van der Waals surface area contributed by atoms with Crippen LogP contribution in [0.3, 0.4) is 0 Å². The van der Waals surface area contributed by atoms with Crippen molar-refractivity contribution in [2.45, 2.75) is 38.2 Å². The molecule has 0 saturated carbocycles. The third-order valence-corrected chi connectivity index (χ3v) is 3.26. The lowest BCUT2D eigenvalue weighted by atomic mass is 9.94. The van der Waals surface area contributed by atoms with Gasteiger partial charge in [-0.1, -0.05) is 44.2 Å². The van der Waals surface area contributed by atoms with Gasteiger partial charge in [-0.3, -0.25) is 4.79 Å². The molecule has 0 aromatic heterocycles. The van der Waals surface area contributed by atoms with Crippen molar-refractivity contribution in [3.05, 3.63) is 35.9 Å². The maximum atomic E-state index is 11.9. The van der Waals surface area contributed by atoms with E-state index in [1.807, 2.05) is 44.2 Å². The fourth-order valence-electron chi connectivity index (χ4n) is 2.09. The fourth-order valence-corrected chi connectivity index (χ4v) is 2.31. The van der Waals surface area contributed by atoms with Crippen molar-refractivity contribution in [3.8, 4) is 0 Å². The van der Waals surface area contributed by atoms with E-state index in [0.29, 0.717) is 12.3 Å². The van der Waals surface area contributed by atoms with Gasteiger partial charge in [0.15, 0.2) is 0 Å². The van der Waals surface area contributed by atoms with Crippen LogP contribution in [0.25, 0.3) is 0 Å². The first-order chi connectivity index (χ1) is 8.82. The second-order valence-corrected chi connectivity index (χ2v) is 6.02. The molecule has 0 heterocycles. The number of alkyl halides is 1. The second kappa shape index (κ2) is 6.92. The summed E-state index contributed by atoms with van der Waals surface area (Å²) in [5.74, 6) is 0.0877. The molecule has 19 heavy (non-hydrogen) atoms. The number of carbonyl (C=O) groups excluding carboxylic acids is 1. The van der Waals surface area contributed by atoms with Gasteiger partial charge >= 0.3 is 0 Å². The summed E-state index contributed by atoms with van der Waals surface area (Å²) in [5.41, 5.74) is -0.151. The van der Waals surface area contributed by atoms with Crippen LogP contribution in [0.5, 0.6) is 0 Å². The van der Waals surface area contributed by atoms with E-state index in [-0.39, 0.29) is 12.5 Å². The Morgan fingerprint density at radius 2 is 1.95 bits per heavy atom. The molecule has 4 heteroatoms. The number of amides is 1. The molecule has 1 rings (SSSR count). The van der Waals surface area contributed by atoms with Gasteiger partial charge in [-0.2, -0.15) is 0 Å². The number of nitrogens with one attached hydrogen (secondary N) is 1. The Kier molecular flexibility index (Phi) is 5.83. The summed E-state index contributed by atoms with van der Waals surface area (Å²) in [7, 11) is 0. The van der Waals surface area contributed by atoms with Gasteiger partial charge in [0.2, 0.25) is 5.91 Å². The smallest absolute Gasteiger partial charge is 0.242 e. The van der Waals surface area contributed by atoms with E-state index >= 15 is 0 Å². The third-order valence-electron chi connectivity index (χ3n) is 2.81. The van der Waals surface area contributed by atoms with E-state index < -0.39 is 11.0 Å². The van der Waals surface area contributed by atoms with Crippen molar-refractivity contribution < 1.29 is 9.90 Å². The topological polar surface area (TPSA) is 49.3 Å². The van der Waals surface area contributed by atoms with Gasteiger partial charge < -0.3 is 10.4 Å². The first-order valence-corrected chi connectivity index (χ1v) is 6.94. The van der Waals surface area contributed by atoms with Gasteiger partial charge in [-0.15, -0.1) is 11.6 Å². The Hall–Kier alpha value is -1.06. The van der Waals surface area contributed by atoms with Gasteiger partial charge in [0, 0.05) is 6.54 Å². The summed E-state index contributed by atoms with van der Waals surface area (Å²) in [5, 5.41) is 12.1. The molecule has 0 aliphatic carbocycles. The van der Waals surface area contributed by atoms with E-state index in [0.717, 1.165) is 5.56 Å². The van der Waals surface area contributed by atoms with Crippen molar-refractivity contribution in [1.29, 1.82) is 0 Å². The quantitative estimate of drug-likeness (QED) is 0.789. The summed E-state index contributed by atoms with van der Waals surface area (Å²) in [6.07, 6.45) is 0.631. The maximum Gasteiger partial charge on any atom is 0.242 e. The number of carbonyl (C=O) groups is 1. The molecule has 2 N–H and O–H groups in total. The molecule has 0 radical (unpaired) electrons. The largest absolute Gasteiger partial charge is 0.388 e. The SMILES string of the molecule is CC(C)CC(C)(O)CNC(=O)C(Cl)c1ccccc1. The van der Waals surface area contributed by atoms with Crippen molar-refractivity contribution >= 4 is 17.5 Å². The molecule has 0 bridgehead atoms. The molecule has 2 atom stereocenters. The predicted molar refractivity (Wildman–Crippen MR) is 78.1 cm³/mol. The normalized spacial score (nSPS) is 15.9. The van der Waals surface area contributed by atoms with Gasteiger partial charge in [0.25, 0.3) is 0 Å². The fraction of sp³-hybridized carbons (Fsp3) is 0.533. The average Bonchev–Trinajstić information content (AvgIpc) is 2.34. The molecular formula is C15H22ClNO2. The molecule has 106 valence electrons. The minimum absolute atomic E-state index is 0.208. The number of benzene rings is 1. The molecular weight excluding hydrogens is 262 g/mol. The molecule has 0 fully saturated rings. The van der Waals surface area contributed by atoms with Crippen LogP contribution in [0.2, 0.25) is 0 Å². The van der Waals surface area contributed by atoms with Crippen LogP contribution in [0.15, 0.2) is 30.3 Å². The Balaban J connectivity index is 2.52. The van der Waals surface area contributed by atoms with Crippen molar-refractivity contribution in [1.82, 2.24) is 5.32 Å². The van der Waals surface area contributed by atoms with Crippen LogP contribution < -0.4 is 5.32 Å². The van der Waals surface area contributed by atoms with E-state index in [1.54, 1.807) is 6.92 Å². The molecule has 1 aromatic carbocycles. The van der Waals surface area contributed by atoms with Crippen molar-refractivity contribution in [2.24, 2.45) is 5.92 Å². The lowest BCUT2D eigenvalue weighted by molar-refractivity contribution is -0.122. The average molecular weight is 284 g/mol. The molecule has 0 spiro atoms. The molecule has 0 saturated heterocycles. The summed E-state index contributed by atoms with van der Waals surface area (Å²) in [4.78, 5) is 11.9. The molecule has 0 aliphatic rings. The Morgan fingerprint density at radius 3 is 2.47 bits per heavy atom. The van der Waals surface area contributed by atoms with Crippen molar-refractivity contribution in [3.63, 3.8) is 0 Å². The molecule has 2 unspecified atom stereocenters. The highest BCUT2D eigenvalue weighted by Gasteiger charge is 2.24. The number of aliphatic hydroxyl groups is 1. The van der Waals surface area contributed by atoms with Crippen LogP contribution in [0.1, 0.15) is 38.1 Å². The minimum atomic E-state index is -0.906. The van der Waals surface area contributed by atoms with E-state index in [9.17, 15) is 9.90 Å². The van der Waals surface area contributed by atoms with E-state index in [4.69, 9.17) is 11.6 Å². The summed E-state index contributed by atoms with van der Waals surface area (Å²) in [6, 6.07) is 9.17. The van der Waals surface area contributed by atoms with Gasteiger partial charge in [-0.05, 0) is 24.8 Å². The monoisotopic (exact) mass is 283 g/mol. The lowest BCUT2D eigenvalue weighted by Crippen LogP contribution is -2.42. The first kappa shape index (κ1) is 16.0. The van der Waals surface area contributed by atoms with Gasteiger partial charge in [0.1, 0.15) is 5.38 Å². The predicted octanol–water partition coefficient (Wildman–Crippen LogP) is 2.88. The second-order valence-electron chi connectivity index (χ2n) is 5.59. The maximum absolute atomic E-state index is 11.9. The summed E-state index contributed by atoms with van der Waals surface area (Å²) >= 11 is 6.10. The standard InChI is InChI=1S/C15H22ClNO2/c1-11(2)9-15(3,19)10-17-14(18)13(16)12-7-5-4-6-8-12/h4-8,11,13,19H,9-10H2,1-3H3,(H,17,18). The zero-order valence-electron chi connectivity index (χ0n) is 11.7. The molecule has 1 amide bonds. The first-order valence-electron chi connectivity index (χ1n) is 6.51. The Morgan fingerprint density at radius 1 is 1.37 bits per heavy atom. The highest BCUT2D eigenvalue weighted by molar-refractivity contribution is 6.30. The van der Waals surface area contributed by atoms with Crippen LogP contribution in [-0.2, 0) is 4.79 Å². The number of hydrogen-bond donors (Lipinski definition) is 2. The van der Waals surface area contributed by atoms with Crippen molar-refractivity contribution in [2.75, 3.05) is 6.54 Å². The summed E-state index contributed by atoms with van der Waals surface area (Å²) in [6.45, 7) is 5.99. The van der Waals surface area contributed by atoms with Crippen LogP contribution in [-0.4, -0.2) is 23.2 Å². The number of hydrogen-bond acceptors (Lipinski definition) is 2. The third kappa shape index (κ3) is 5.62. The van der Waals surface area contributed by atoms with Gasteiger partial charge in [-0.25, -0.2) is 0 Å². The molecule has 3 nitrogen and oxygen atoms in total. The minimum Gasteiger partial charge on any atom is -0.388 e. The van der Waals surface area contributed by atoms with E-state index in [2.05, 4.69) is 5.32 Å².